The predicted molar refractivity (Wildman–Crippen MR) is 72.1 cm³/mol. The minimum atomic E-state index is -1.30. The third-order valence-corrected chi connectivity index (χ3v) is 3.05. The van der Waals surface area contributed by atoms with E-state index in [-0.39, 0.29) is 0 Å². The molecule has 3 N–H and O–H groups in total. The van der Waals surface area contributed by atoms with Gasteiger partial charge in [0.15, 0.2) is 0 Å². The fourth-order valence-electron chi connectivity index (χ4n) is 1.17. The Morgan fingerprint density at radius 3 is 2.22 bits per heavy atom. The average Bonchev–Trinajstić information content (AvgIpc) is 2.29. The molecule has 0 aromatic heterocycles. The first-order chi connectivity index (χ1) is 8.35. The lowest BCUT2D eigenvalue weighted by Gasteiger charge is -2.21. The Hall–Kier alpha value is -1.69. The molecule has 0 heterocycles. The Morgan fingerprint density at radius 1 is 1.22 bits per heavy atom. The first kappa shape index (κ1) is 14.4. The van der Waals surface area contributed by atoms with Gasteiger partial charge < -0.3 is 15.7 Å². The highest BCUT2D eigenvalue weighted by molar-refractivity contribution is 7.98. The molecule has 5 nitrogen and oxygen atoms in total. The van der Waals surface area contributed by atoms with Gasteiger partial charge in [-0.25, -0.2) is 9.59 Å². The van der Waals surface area contributed by atoms with Gasteiger partial charge in [-0.15, -0.1) is 11.8 Å². The maximum absolute atomic E-state index is 11.6. The maximum atomic E-state index is 11.6. The fourth-order valence-corrected chi connectivity index (χ4v) is 1.58. The van der Waals surface area contributed by atoms with Crippen LogP contribution < -0.4 is 10.6 Å². The Bertz CT molecular complexity index is 443. The number of thioether (sulfide) groups is 1. The van der Waals surface area contributed by atoms with Gasteiger partial charge in [-0.05, 0) is 44.4 Å². The SMILES string of the molecule is CSc1ccc(NC(=O)NC(C)(C)C(=O)O)cc1. The number of nitrogens with one attached hydrogen (secondary N) is 2. The summed E-state index contributed by atoms with van der Waals surface area (Å²) >= 11 is 1.60. The largest absolute Gasteiger partial charge is 0.480 e. The number of anilines is 1. The van der Waals surface area contributed by atoms with Crippen LogP contribution in [0.1, 0.15) is 13.8 Å². The highest BCUT2D eigenvalue weighted by atomic mass is 32.2. The number of aliphatic carboxylic acids is 1. The van der Waals surface area contributed by atoms with Gasteiger partial charge in [0.2, 0.25) is 0 Å². The summed E-state index contributed by atoms with van der Waals surface area (Å²) < 4.78 is 0. The summed E-state index contributed by atoms with van der Waals surface area (Å²) in [5.74, 6) is -1.09. The molecule has 0 fully saturated rings. The summed E-state index contributed by atoms with van der Waals surface area (Å²) in [5.41, 5.74) is -0.685. The first-order valence-corrected chi connectivity index (χ1v) is 6.54. The molecule has 0 atom stereocenters. The van der Waals surface area contributed by atoms with E-state index in [2.05, 4.69) is 10.6 Å². The number of urea groups is 1. The normalized spacial score (nSPS) is 10.8. The average molecular weight is 268 g/mol. The molecule has 0 aliphatic heterocycles. The molecule has 0 saturated carbocycles. The van der Waals surface area contributed by atoms with Crippen LogP contribution in [0.5, 0.6) is 0 Å². The van der Waals surface area contributed by atoms with Gasteiger partial charge in [0.25, 0.3) is 0 Å². The summed E-state index contributed by atoms with van der Waals surface area (Å²) in [5, 5.41) is 13.8. The monoisotopic (exact) mass is 268 g/mol. The Balaban J connectivity index is 2.62. The number of carbonyl (C=O) groups is 2. The zero-order valence-electron chi connectivity index (χ0n) is 10.5. The molecular weight excluding hydrogens is 252 g/mol. The van der Waals surface area contributed by atoms with Crippen LogP contribution >= 0.6 is 11.8 Å². The number of benzene rings is 1. The van der Waals surface area contributed by atoms with Crippen molar-refractivity contribution in [3.8, 4) is 0 Å². The molecule has 6 heteroatoms. The molecule has 1 rings (SSSR count). The lowest BCUT2D eigenvalue weighted by atomic mass is 10.1. The van der Waals surface area contributed by atoms with Crippen LogP contribution in [0.25, 0.3) is 0 Å². The minimum absolute atomic E-state index is 0.542. The summed E-state index contributed by atoms with van der Waals surface area (Å²) in [7, 11) is 0. The van der Waals surface area contributed by atoms with E-state index in [1.807, 2.05) is 18.4 Å². The van der Waals surface area contributed by atoms with Gasteiger partial charge in [0, 0.05) is 10.6 Å². The number of carboxylic acids is 1. The smallest absolute Gasteiger partial charge is 0.328 e. The molecule has 0 aliphatic carbocycles. The van der Waals surface area contributed by atoms with Gasteiger partial charge >= 0.3 is 12.0 Å². The zero-order chi connectivity index (χ0) is 13.8. The van der Waals surface area contributed by atoms with Crippen molar-refractivity contribution < 1.29 is 14.7 Å². The number of hydrogen-bond donors (Lipinski definition) is 3. The number of hydrogen-bond acceptors (Lipinski definition) is 3. The van der Waals surface area contributed by atoms with Gasteiger partial charge in [-0.2, -0.15) is 0 Å². The molecule has 2 amide bonds. The van der Waals surface area contributed by atoms with Crippen molar-refractivity contribution in [1.82, 2.24) is 5.32 Å². The topological polar surface area (TPSA) is 78.4 Å². The van der Waals surface area contributed by atoms with Crippen LogP contribution in [0, 0.1) is 0 Å². The Labute approximate surface area is 110 Å². The molecule has 98 valence electrons. The highest BCUT2D eigenvalue weighted by Gasteiger charge is 2.28. The van der Waals surface area contributed by atoms with Gasteiger partial charge in [-0.1, -0.05) is 0 Å². The van der Waals surface area contributed by atoms with Crippen LogP contribution in [-0.2, 0) is 4.79 Å². The number of carboxylic acid groups (broad SMARTS) is 1. The van der Waals surface area contributed by atoms with E-state index in [1.165, 1.54) is 13.8 Å². The van der Waals surface area contributed by atoms with E-state index in [0.29, 0.717) is 5.69 Å². The Kier molecular flexibility index (Phi) is 4.61. The van der Waals surface area contributed by atoms with Gasteiger partial charge in [-0.3, -0.25) is 0 Å². The third-order valence-electron chi connectivity index (χ3n) is 2.31. The molecule has 0 radical (unpaired) electrons. The standard InChI is InChI=1S/C12H16N2O3S/c1-12(2,10(15)16)14-11(17)13-8-4-6-9(18-3)7-5-8/h4-7H,1-3H3,(H,15,16)(H2,13,14,17). The second-order valence-corrected chi connectivity index (χ2v) is 5.12. The van der Waals surface area contributed by atoms with Crippen molar-refractivity contribution in [3.05, 3.63) is 24.3 Å². The van der Waals surface area contributed by atoms with E-state index in [0.717, 1.165) is 4.90 Å². The number of rotatable bonds is 4. The third kappa shape index (κ3) is 3.96. The van der Waals surface area contributed by atoms with E-state index >= 15 is 0 Å². The molecule has 1 aromatic rings. The van der Waals surface area contributed by atoms with Crippen LogP contribution in [0.4, 0.5) is 10.5 Å². The summed E-state index contributed by atoms with van der Waals surface area (Å²) in [6, 6.07) is 6.74. The molecule has 0 unspecified atom stereocenters. The molecule has 0 aliphatic rings. The number of carbonyl (C=O) groups excluding carboxylic acids is 1. The molecule has 0 bridgehead atoms. The molecule has 1 aromatic carbocycles. The highest BCUT2D eigenvalue weighted by Crippen LogP contribution is 2.17. The summed E-state index contributed by atoms with van der Waals surface area (Å²) in [4.78, 5) is 23.5. The van der Waals surface area contributed by atoms with Crippen molar-refractivity contribution in [2.45, 2.75) is 24.3 Å². The van der Waals surface area contributed by atoms with Crippen molar-refractivity contribution in [2.75, 3.05) is 11.6 Å². The summed E-state index contributed by atoms with van der Waals surface area (Å²) in [6.07, 6.45) is 1.96. The molecule has 18 heavy (non-hydrogen) atoms. The van der Waals surface area contributed by atoms with Crippen molar-refractivity contribution in [3.63, 3.8) is 0 Å². The zero-order valence-corrected chi connectivity index (χ0v) is 11.3. The van der Waals surface area contributed by atoms with Crippen molar-refractivity contribution in [1.29, 1.82) is 0 Å². The number of amides is 2. The van der Waals surface area contributed by atoms with E-state index in [9.17, 15) is 9.59 Å². The lowest BCUT2D eigenvalue weighted by Crippen LogP contribution is -2.51. The van der Waals surface area contributed by atoms with Crippen LogP contribution in [0.3, 0.4) is 0 Å². The minimum Gasteiger partial charge on any atom is -0.480 e. The second kappa shape index (κ2) is 5.77. The molecular formula is C12H16N2O3S. The van der Waals surface area contributed by atoms with Gasteiger partial charge in [0.1, 0.15) is 5.54 Å². The quantitative estimate of drug-likeness (QED) is 0.733. The fraction of sp³-hybridized carbons (Fsp3) is 0.333. The van der Waals surface area contributed by atoms with E-state index in [1.54, 1.807) is 23.9 Å². The van der Waals surface area contributed by atoms with Crippen LogP contribution in [-0.4, -0.2) is 28.9 Å². The summed E-state index contributed by atoms with van der Waals surface area (Å²) in [6.45, 7) is 2.84. The molecule has 0 spiro atoms. The van der Waals surface area contributed by atoms with Crippen molar-refractivity contribution in [2.24, 2.45) is 0 Å². The first-order valence-electron chi connectivity index (χ1n) is 5.32. The van der Waals surface area contributed by atoms with Crippen molar-refractivity contribution >= 4 is 29.4 Å². The van der Waals surface area contributed by atoms with Crippen LogP contribution in [0.2, 0.25) is 0 Å². The molecule has 0 saturated heterocycles. The van der Waals surface area contributed by atoms with E-state index < -0.39 is 17.5 Å². The Morgan fingerprint density at radius 2 is 1.78 bits per heavy atom. The van der Waals surface area contributed by atoms with Crippen LogP contribution in [0.15, 0.2) is 29.2 Å². The van der Waals surface area contributed by atoms with E-state index in [4.69, 9.17) is 5.11 Å². The lowest BCUT2D eigenvalue weighted by molar-refractivity contribution is -0.142. The second-order valence-electron chi connectivity index (χ2n) is 4.24. The maximum Gasteiger partial charge on any atom is 0.328 e. The predicted octanol–water partition coefficient (Wildman–Crippen LogP) is 2.39. The van der Waals surface area contributed by atoms with Gasteiger partial charge in [0.05, 0.1) is 0 Å².